The lowest BCUT2D eigenvalue weighted by atomic mass is 10.1. The molecule has 0 saturated heterocycles. The van der Waals surface area contributed by atoms with E-state index in [9.17, 15) is 14.4 Å². The number of carbonyl (C=O) groups excluding carboxylic acids is 3. The summed E-state index contributed by atoms with van der Waals surface area (Å²) < 4.78 is 10.1. The zero-order chi connectivity index (χ0) is 16.0. The number of hydrogen-bond donors (Lipinski definition) is 2. The number of amides is 3. The summed E-state index contributed by atoms with van der Waals surface area (Å²) in [6, 6.07) is 4.15. The van der Waals surface area contributed by atoms with Crippen LogP contribution in [0.5, 0.6) is 5.75 Å². The number of nitrogens with one attached hydrogen (secondary N) is 2. The first kappa shape index (κ1) is 16.5. The van der Waals surface area contributed by atoms with Gasteiger partial charge in [-0.2, -0.15) is 0 Å². The van der Waals surface area contributed by atoms with E-state index in [1.165, 1.54) is 27.1 Å². The topological polar surface area (TPSA) is 93.7 Å². The third-order valence-corrected chi connectivity index (χ3v) is 2.76. The van der Waals surface area contributed by atoms with Gasteiger partial charge in [-0.05, 0) is 31.5 Å². The van der Waals surface area contributed by atoms with Gasteiger partial charge in [0.2, 0.25) is 0 Å². The van der Waals surface area contributed by atoms with E-state index in [0.717, 1.165) is 5.56 Å². The summed E-state index contributed by atoms with van der Waals surface area (Å²) in [5.74, 6) is -0.832. The molecular weight excluding hydrogens is 276 g/mol. The molecular formula is C14H18N2O5. The number of methoxy groups -OCH3 is 1. The van der Waals surface area contributed by atoms with E-state index in [-0.39, 0.29) is 5.56 Å². The molecule has 7 nitrogen and oxygen atoms in total. The van der Waals surface area contributed by atoms with Gasteiger partial charge < -0.3 is 14.8 Å². The molecule has 114 valence electrons. The second-order valence-corrected chi connectivity index (χ2v) is 4.30. The van der Waals surface area contributed by atoms with Crippen LogP contribution >= 0.6 is 0 Å². The number of rotatable bonds is 4. The molecule has 1 aromatic carbocycles. The van der Waals surface area contributed by atoms with Crippen LogP contribution in [0.2, 0.25) is 0 Å². The van der Waals surface area contributed by atoms with Gasteiger partial charge in [0.1, 0.15) is 5.75 Å². The van der Waals surface area contributed by atoms with Crippen molar-refractivity contribution in [2.75, 3.05) is 14.2 Å². The number of benzene rings is 1. The SMILES string of the molecule is CNC(=O)NC(=O)C(C)OC(=O)c1ccc(C)c(OC)c1. The van der Waals surface area contributed by atoms with Crippen LogP contribution in [0.4, 0.5) is 4.79 Å². The first-order valence-corrected chi connectivity index (χ1v) is 6.27. The van der Waals surface area contributed by atoms with Gasteiger partial charge in [-0.3, -0.25) is 10.1 Å². The fourth-order valence-electron chi connectivity index (χ4n) is 1.51. The molecule has 2 N–H and O–H groups in total. The number of hydrogen-bond acceptors (Lipinski definition) is 5. The Kier molecular flexibility index (Phi) is 5.71. The zero-order valence-corrected chi connectivity index (χ0v) is 12.4. The van der Waals surface area contributed by atoms with Crippen molar-refractivity contribution in [2.45, 2.75) is 20.0 Å². The Hall–Kier alpha value is -2.57. The smallest absolute Gasteiger partial charge is 0.339 e. The number of urea groups is 1. The highest BCUT2D eigenvalue weighted by atomic mass is 16.5. The summed E-state index contributed by atoms with van der Waals surface area (Å²) in [6.07, 6.45) is -1.10. The minimum absolute atomic E-state index is 0.261. The molecule has 1 aromatic rings. The fourth-order valence-corrected chi connectivity index (χ4v) is 1.51. The third-order valence-electron chi connectivity index (χ3n) is 2.76. The van der Waals surface area contributed by atoms with Crippen molar-refractivity contribution in [3.63, 3.8) is 0 Å². The van der Waals surface area contributed by atoms with Gasteiger partial charge in [-0.25, -0.2) is 9.59 Å². The molecule has 7 heteroatoms. The van der Waals surface area contributed by atoms with Gasteiger partial charge in [-0.1, -0.05) is 6.07 Å². The summed E-state index contributed by atoms with van der Waals surface area (Å²) in [6.45, 7) is 3.22. The molecule has 3 amide bonds. The second kappa shape index (κ2) is 7.28. The summed E-state index contributed by atoms with van der Waals surface area (Å²) >= 11 is 0. The van der Waals surface area contributed by atoms with Crippen molar-refractivity contribution in [1.82, 2.24) is 10.6 Å². The number of aryl methyl sites for hydroxylation is 1. The van der Waals surface area contributed by atoms with Crippen molar-refractivity contribution in [1.29, 1.82) is 0 Å². The highest BCUT2D eigenvalue weighted by Gasteiger charge is 2.20. The maximum atomic E-state index is 11.9. The number of imide groups is 1. The molecule has 0 radical (unpaired) electrons. The Morgan fingerprint density at radius 1 is 1.24 bits per heavy atom. The van der Waals surface area contributed by atoms with Crippen molar-refractivity contribution >= 4 is 17.9 Å². The van der Waals surface area contributed by atoms with E-state index in [0.29, 0.717) is 5.75 Å². The van der Waals surface area contributed by atoms with Crippen molar-refractivity contribution in [2.24, 2.45) is 0 Å². The molecule has 0 aliphatic heterocycles. The molecule has 21 heavy (non-hydrogen) atoms. The largest absolute Gasteiger partial charge is 0.496 e. The minimum Gasteiger partial charge on any atom is -0.496 e. The fraction of sp³-hybridized carbons (Fsp3) is 0.357. The van der Waals surface area contributed by atoms with Crippen LogP contribution in [-0.4, -0.2) is 38.2 Å². The van der Waals surface area contributed by atoms with Crippen molar-refractivity contribution < 1.29 is 23.9 Å². The van der Waals surface area contributed by atoms with Crippen LogP contribution in [0, 0.1) is 6.92 Å². The molecule has 1 unspecified atom stereocenters. The van der Waals surface area contributed by atoms with E-state index < -0.39 is 24.0 Å². The Morgan fingerprint density at radius 2 is 1.90 bits per heavy atom. The minimum atomic E-state index is -1.10. The predicted molar refractivity (Wildman–Crippen MR) is 75.2 cm³/mol. The molecule has 0 spiro atoms. The van der Waals surface area contributed by atoms with Gasteiger partial charge in [0.15, 0.2) is 6.10 Å². The highest BCUT2D eigenvalue weighted by molar-refractivity contribution is 5.98. The van der Waals surface area contributed by atoms with Crippen LogP contribution in [-0.2, 0) is 9.53 Å². The predicted octanol–water partition coefficient (Wildman–Crippen LogP) is 1.00. The summed E-state index contributed by atoms with van der Waals surface area (Å²) in [5.41, 5.74) is 1.14. The maximum Gasteiger partial charge on any atom is 0.339 e. The average Bonchev–Trinajstić information content (AvgIpc) is 2.47. The van der Waals surface area contributed by atoms with Crippen molar-refractivity contribution in [3.8, 4) is 5.75 Å². The Bertz CT molecular complexity index is 556. The average molecular weight is 294 g/mol. The van der Waals surface area contributed by atoms with E-state index in [1.807, 2.05) is 12.2 Å². The normalized spacial score (nSPS) is 11.2. The van der Waals surface area contributed by atoms with Crippen molar-refractivity contribution in [3.05, 3.63) is 29.3 Å². The summed E-state index contributed by atoms with van der Waals surface area (Å²) in [4.78, 5) is 34.5. The molecule has 0 heterocycles. The molecule has 0 saturated carbocycles. The number of ether oxygens (including phenoxy) is 2. The van der Waals surface area contributed by atoms with Crippen LogP contribution in [0.1, 0.15) is 22.8 Å². The lowest BCUT2D eigenvalue weighted by molar-refractivity contribution is -0.127. The Labute approximate surface area is 122 Å². The maximum absolute atomic E-state index is 11.9. The van der Waals surface area contributed by atoms with Gasteiger partial charge in [0, 0.05) is 7.05 Å². The van der Waals surface area contributed by atoms with Gasteiger partial charge in [0.25, 0.3) is 5.91 Å². The van der Waals surface area contributed by atoms with E-state index in [2.05, 4.69) is 5.32 Å². The number of carbonyl (C=O) groups is 3. The quantitative estimate of drug-likeness (QED) is 0.808. The standard InChI is InChI=1S/C14H18N2O5/c1-8-5-6-10(7-11(8)20-4)13(18)21-9(2)12(17)16-14(19)15-3/h5-7,9H,1-4H3,(H2,15,16,17,19). The molecule has 1 rings (SSSR count). The zero-order valence-electron chi connectivity index (χ0n) is 12.4. The Balaban J connectivity index is 2.72. The first-order chi connectivity index (χ1) is 9.88. The summed E-state index contributed by atoms with van der Waals surface area (Å²) in [7, 11) is 2.87. The van der Waals surface area contributed by atoms with Gasteiger partial charge in [-0.15, -0.1) is 0 Å². The van der Waals surface area contributed by atoms with Crippen LogP contribution in [0.15, 0.2) is 18.2 Å². The van der Waals surface area contributed by atoms with Gasteiger partial charge in [0.05, 0.1) is 12.7 Å². The molecule has 0 fully saturated rings. The van der Waals surface area contributed by atoms with Crippen LogP contribution in [0.25, 0.3) is 0 Å². The number of esters is 1. The molecule has 0 aromatic heterocycles. The summed E-state index contributed by atoms with van der Waals surface area (Å²) in [5, 5.41) is 4.26. The lowest BCUT2D eigenvalue weighted by Gasteiger charge is -2.13. The van der Waals surface area contributed by atoms with Gasteiger partial charge >= 0.3 is 12.0 Å². The second-order valence-electron chi connectivity index (χ2n) is 4.30. The third kappa shape index (κ3) is 4.48. The lowest BCUT2D eigenvalue weighted by Crippen LogP contribution is -2.43. The highest BCUT2D eigenvalue weighted by Crippen LogP contribution is 2.19. The van der Waals surface area contributed by atoms with Crippen LogP contribution in [0.3, 0.4) is 0 Å². The molecule has 1 atom stereocenters. The first-order valence-electron chi connectivity index (χ1n) is 6.27. The van der Waals surface area contributed by atoms with E-state index >= 15 is 0 Å². The molecule has 0 aliphatic carbocycles. The van der Waals surface area contributed by atoms with E-state index in [4.69, 9.17) is 9.47 Å². The molecule has 0 bridgehead atoms. The Morgan fingerprint density at radius 3 is 2.48 bits per heavy atom. The molecule has 0 aliphatic rings. The van der Waals surface area contributed by atoms with Crippen LogP contribution < -0.4 is 15.4 Å². The van der Waals surface area contributed by atoms with E-state index in [1.54, 1.807) is 12.1 Å². The monoisotopic (exact) mass is 294 g/mol.